The molecule has 0 saturated carbocycles. The molecule has 0 saturated heterocycles. The summed E-state index contributed by atoms with van der Waals surface area (Å²) in [7, 11) is 0. The van der Waals surface area contributed by atoms with Crippen molar-refractivity contribution in [2.45, 2.75) is 38.4 Å². The van der Waals surface area contributed by atoms with Gasteiger partial charge in [0, 0.05) is 33.9 Å². The van der Waals surface area contributed by atoms with Gasteiger partial charge in [0.2, 0.25) is 0 Å². The summed E-state index contributed by atoms with van der Waals surface area (Å²) in [4.78, 5) is 0. The highest BCUT2D eigenvalue weighted by Gasteiger charge is 2.34. The highest BCUT2D eigenvalue weighted by Crippen LogP contribution is 2.41. The monoisotopic (exact) mass is 422 g/mol. The van der Waals surface area contributed by atoms with Crippen molar-refractivity contribution in [1.82, 2.24) is 0 Å². The molecule has 2 unspecified atom stereocenters. The fraction of sp³-hybridized carbons (Fsp3) is 0.333. The summed E-state index contributed by atoms with van der Waals surface area (Å²) < 4.78 is 82.9. The number of nitrogen functional groups attached to an aromatic ring is 4. The van der Waals surface area contributed by atoms with E-state index in [-0.39, 0.29) is 33.9 Å². The standard InChI is InChI=1S/C18H20F6N4O/c1-7(15-11(25)3-9(4-12(15)26)17(19,20)21)29-8(2)16-13(27)5-10(6-14(16)28)18(22,23)24/h3-8H,25-28H2,1-2H3. The topological polar surface area (TPSA) is 113 Å². The molecular formula is C18H20F6N4O. The molecule has 0 heterocycles. The molecule has 29 heavy (non-hydrogen) atoms. The van der Waals surface area contributed by atoms with Crippen LogP contribution in [0.15, 0.2) is 24.3 Å². The van der Waals surface area contributed by atoms with Gasteiger partial charge in [-0.2, -0.15) is 26.3 Å². The lowest BCUT2D eigenvalue weighted by atomic mass is 10.00. The zero-order valence-corrected chi connectivity index (χ0v) is 15.4. The van der Waals surface area contributed by atoms with Crippen LogP contribution in [0, 0.1) is 0 Å². The van der Waals surface area contributed by atoms with Crippen molar-refractivity contribution in [2.75, 3.05) is 22.9 Å². The normalized spacial score (nSPS) is 14.6. The van der Waals surface area contributed by atoms with Crippen molar-refractivity contribution >= 4 is 22.7 Å². The van der Waals surface area contributed by atoms with Gasteiger partial charge in [-0.05, 0) is 38.1 Å². The Morgan fingerprint density at radius 2 is 0.862 bits per heavy atom. The van der Waals surface area contributed by atoms with E-state index in [1.807, 2.05) is 0 Å². The summed E-state index contributed by atoms with van der Waals surface area (Å²) in [5.74, 6) is 0. The third-order valence-electron chi connectivity index (χ3n) is 4.36. The number of anilines is 4. The SMILES string of the molecule is CC(OC(C)c1c(N)cc(C(F)(F)F)cc1N)c1c(N)cc(C(F)(F)F)cc1N. The van der Waals surface area contributed by atoms with Crippen LogP contribution in [0.25, 0.3) is 0 Å². The van der Waals surface area contributed by atoms with Crippen LogP contribution < -0.4 is 22.9 Å². The van der Waals surface area contributed by atoms with E-state index in [9.17, 15) is 26.3 Å². The zero-order valence-electron chi connectivity index (χ0n) is 15.4. The van der Waals surface area contributed by atoms with Gasteiger partial charge < -0.3 is 27.7 Å². The molecule has 8 N–H and O–H groups in total. The second-order valence-electron chi connectivity index (χ2n) is 6.55. The Kier molecular flexibility index (Phi) is 5.84. The van der Waals surface area contributed by atoms with Crippen LogP contribution in [0.3, 0.4) is 0 Å². The first-order valence-electron chi connectivity index (χ1n) is 8.30. The van der Waals surface area contributed by atoms with Crippen LogP contribution in [0.1, 0.15) is 48.3 Å². The molecule has 0 aliphatic heterocycles. The quantitative estimate of drug-likeness (QED) is 0.414. The summed E-state index contributed by atoms with van der Waals surface area (Å²) in [6.45, 7) is 2.98. The van der Waals surface area contributed by atoms with E-state index in [0.717, 1.165) is 24.3 Å². The van der Waals surface area contributed by atoms with E-state index < -0.39 is 35.7 Å². The van der Waals surface area contributed by atoms with E-state index in [1.54, 1.807) is 0 Å². The average molecular weight is 422 g/mol. The number of alkyl halides is 6. The number of rotatable bonds is 4. The Hall–Kier alpha value is -2.82. The minimum atomic E-state index is -4.62. The Balaban J connectivity index is 2.34. The van der Waals surface area contributed by atoms with E-state index in [2.05, 4.69) is 0 Å². The van der Waals surface area contributed by atoms with Crippen molar-refractivity contribution in [3.05, 3.63) is 46.5 Å². The van der Waals surface area contributed by atoms with Gasteiger partial charge in [-0.3, -0.25) is 0 Å². The second kappa shape index (κ2) is 7.54. The van der Waals surface area contributed by atoms with Crippen molar-refractivity contribution in [3.63, 3.8) is 0 Å². The third-order valence-corrected chi connectivity index (χ3v) is 4.36. The van der Waals surface area contributed by atoms with Gasteiger partial charge in [0.25, 0.3) is 0 Å². The Labute approximate surface area is 162 Å². The summed E-state index contributed by atoms with van der Waals surface area (Å²) in [5.41, 5.74) is 20.2. The third kappa shape index (κ3) is 4.78. The molecule has 0 aliphatic carbocycles. The van der Waals surface area contributed by atoms with Crippen LogP contribution in [-0.2, 0) is 17.1 Å². The predicted octanol–water partition coefficient (Wildman–Crippen LogP) is 4.89. The van der Waals surface area contributed by atoms with Gasteiger partial charge in [0.05, 0.1) is 23.3 Å². The van der Waals surface area contributed by atoms with Gasteiger partial charge in [0.15, 0.2) is 0 Å². The maximum absolute atomic E-state index is 12.9. The Morgan fingerprint density at radius 1 is 0.621 bits per heavy atom. The highest BCUT2D eigenvalue weighted by atomic mass is 19.4. The highest BCUT2D eigenvalue weighted by molar-refractivity contribution is 5.66. The van der Waals surface area contributed by atoms with E-state index >= 15 is 0 Å². The summed E-state index contributed by atoms with van der Waals surface area (Å²) in [5, 5.41) is 0. The lowest BCUT2D eigenvalue weighted by Gasteiger charge is -2.25. The summed E-state index contributed by atoms with van der Waals surface area (Å²) >= 11 is 0. The number of hydrogen-bond acceptors (Lipinski definition) is 5. The fourth-order valence-corrected chi connectivity index (χ4v) is 3.11. The Morgan fingerprint density at radius 3 is 1.07 bits per heavy atom. The average Bonchev–Trinajstić information content (AvgIpc) is 2.51. The molecule has 2 aromatic rings. The molecule has 11 heteroatoms. The molecule has 2 atom stereocenters. The molecule has 2 aromatic carbocycles. The van der Waals surface area contributed by atoms with E-state index in [4.69, 9.17) is 27.7 Å². The van der Waals surface area contributed by atoms with Crippen molar-refractivity contribution in [3.8, 4) is 0 Å². The van der Waals surface area contributed by atoms with E-state index in [1.165, 1.54) is 13.8 Å². The second-order valence-corrected chi connectivity index (χ2v) is 6.55. The number of hydrogen-bond donors (Lipinski definition) is 4. The smallest absolute Gasteiger partial charge is 0.398 e. The van der Waals surface area contributed by atoms with Gasteiger partial charge in [-0.25, -0.2) is 0 Å². The molecule has 0 amide bonds. The van der Waals surface area contributed by atoms with E-state index in [0.29, 0.717) is 0 Å². The van der Waals surface area contributed by atoms with Gasteiger partial charge in [-0.1, -0.05) is 0 Å². The molecular weight excluding hydrogens is 402 g/mol. The fourth-order valence-electron chi connectivity index (χ4n) is 3.11. The van der Waals surface area contributed by atoms with Crippen molar-refractivity contribution in [1.29, 1.82) is 0 Å². The van der Waals surface area contributed by atoms with Crippen LogP contribution in [0.2, 0.25) is 0 Å². The van der Waals surface area contributed by atoms with Crippen molar-refractivity contribution < 1.29 is 31.1 Å². The van der Waals surface area contributed by atoms with Gasteiger partial charge in [0.1, 0.15) is 0 Å². The first kappa shape index (κ1) is 22.5. The van der Waals surface area contributed by atoms with Crippen molar-refractivity contribution in [2.24, 2.45) is 0 Å². The lowest BCUT2D eigenvalue weighted by molar-refractivity contribution is -0.138. The summed E-state index contributed by atoms with van der Waals surface area (Å²) in [6.07, 6.45) is -11.0. The molecule has 0 aliphatic rings. The molecule has 0 bridgehead atoms. The number of benzene rings is 2. The van der Waals surface area contributed by atoms with Crippen LogP contribution >= 0.6 is 0 Å². The van der Waals surface area contributed by atoms with Crippen LogP contribution in [0.5, 0.6) is 0 Å². The molecule has 160 valence electrons. The predicted molar refractivity (Wildman–Crippen MR) is 98.5 cm³/mol. The minimum absolute atomic E-state index is 0.119. The maximum Gasteiger partial charge on any atom is 0.416 e. The number of halogens is 6. The molecule has 0 fully saturated rings. The largest absolute Gasteiger partial charge is 0.416 e. The van der Waals surface area contributed by atoms with Crippen LogP contribution in [-0.4, -0.2) is 0 Å². The summed E-state index contributed by atoms with van der Waals surface area (Å²) in [6, 6.07) is 2.93. The minimum Gasteiger partial charge on any atom is -0.398 e. The first-order valence-corrected chi connectivity index (χ1v) is 8.30. The van der Waals surface area contributed by atoms with Gasteiger partial charge >= 0.3 is 12.4 Å². The van der Waals surface area contributed by atoms with Gasteiger partial charge in [-0.15, -0.1) is 0 Å². The number of ether oxygens (including phenoxy) is 1. The maximum atomic E-state index is 12.9. The lowest BCUT2D eigenvalue weighted by Crippen LogP contribution is -2.15. The molecule has 5 nitrogen and oxygen atoms in total. The zero-order chi connectivity index (χ0) is 22.3. The molecule has 0 aromatic heterocycles. The molecule has 0 radical (unpaired) electrons. The molecule has 2 rings (SSSR count). The molecule has 0 spiro atoms. The Bertz CT molecular complexity index is 791. The van der Waals surface area contributed by atoms with Crippen LogP contribution in [0.4, 0.5) is 49.1 Å². The first-order chi connectivity index (χ1) is 13.1. The number of nitrogens with two attached hydrogens (primary N) is 4.